The normalized spacial score (nSPS) is 19.3. The molecule has 0 radical (unpaired) electrons. The van der Waals surface area contributed by atoms with E-state index in [9.17, 15) is 8.60 Å². The second-order valence-electron chi connectivity index (χ2n) is 10.1. The van der Waals surface area contributed by atoms with Crippen molar-refractivity contribution in [1.29, 1.82) is 0 Å². The van der Waals surface area contributed by atoms with Crippen molar-refractivity contribution < 1.29 is 8.60 Å². The largest absolute Gasteiger partial charge is 0.355 e. The maximum absolute atomic E-state index is 14.3. The lowest BCUT2D eigenvalue weighted by molar-refractivity contribution is 0.298. The van der Waals surface area contributed by atoms with Crippen LogP contribution >= 0.6 is 11.8 Å². The number of hydrogen-bond donors (Lipinski definition) is 0. The Labute approximate surface area is 211 Å². The van der Waals surface area contributed by atoms with Gasteiger partial charge in [-0.1, -0.05) is 11.8 Å². The van der Waals surface area contributed by atoms with E-state index in [-0.39, 0.29) is 11.2 Å². The van der Waals surface area contributed by atoms with Crippen molar-refractivity contribution in [3.8, 4) is 0 Å². The van der Waals surface area contributed by atoms with E-state index in [4.69, 9.17) is 4.40 Å². The van der Waals surface area contributed by atoms with Gasteiger partial charge in [-0.15, -0.1) is 0 Å². The molecule has 0 bridgehead atoms. The Kier molecular flexibility index (Phi) is 6.29. The van der Waals surface area contributed by atoms with Gasteiger partial charge in [-0.05, 0) is 58.7 Å². The average molecular weight is 513 g/mol. The van der Waals surface area contributed by atoms with Crippen LogP contribution in [0.5, 0.6) is 0 Å². The second kappa shape index (κ2) is 9.13. The molecule has 184 valence electrons. The highest BCUT2D eigenvalue weighted by Crippen LogP contribution is 2.43. The molecule has 0 aromatic carbocycles. The molecular formula is C25H29FN6OS2. The Balaban J connectivity index is 1.31. The Morgan fingerprint density at radius 1 is 1.14 bits per heavy atom. The van der Waals surface area contributed by atoms with Crippen molar-refractivity contribution in [3.05, 3.63) is 60.2 Å². The van der Waals surface area contributed by atoms with Crippen molar-refractivity contribution >= 4 is 34.3 Å². The number of aromatic nitrogens is 4. The molecule has 3 aromatic rings. The summed E-state index contributed by atoms with van der Waals surface area (Å²) in [6, 6.07) is 5.76. The van der Waals surface area contributed by atoms with Crippen molar-refractivity contribution in [2.24, 2.45) is 9.81 Å². The summed E-state index contributed by atoms with van der Waals surface area (Å²) in [5.41, 5.74) is 2.31. The molecule has 2 aliphatic rings. The fourth-order valence-corrected chi connectivity index (χ4v) is 6.13. The lowest BCUT2D eigenvalue weighted by atomic mass is 9.75. The predicted octanol–water partition coefficient (Wildman–Crippen LogP) is 4.82. The molecule has 5 rings (SSSR count). The summed E-state index contributed by atoms with van der Waals surface area (Å²) in [5, 5.41) is 0.640. The van der Waals surface area contributed by atoms with Crippen molar-refractivity contribution in [2.75, 3.05) is 18.0 Å². The molecule has 1 atom stereocenters. The summed E-state index contributed by atoms with van der Waals surface area (Å²) in [6.07, 6.45) is 8.93. The van der Waals surface area contributed by atoms with E-state index in [1.165, 1.54) is 11.8 Å². The Hall–Kier alpha value is -2.59. The average Bonchev–Trinajstić information content (AvgIpc) is 3.38. The number of hydrogen-bond acceptors (Lipinski definition) is 6. The second-order valence-corrected chi connectivity index (χ2v) is 13.1. The minimum absolute atomic E-state index is 0.117. The van der Waals surface area contributed by atoms with Crippen LogP contribution < -0.4 is 4.90 Å². The minimum Gasteiger partial charge on any atom is -0.355 e. The monoisotopic (exact) mass is 512 g/mol. The van der Waals surface area contributed by atoms with Crippen molar-refractivity contribution in [3.63, 3.8) is 0 Å². The summed E-state index contributed by atoms with van der Waals surface area (Å²) in [5.74, 6) is 0.488. The molecule has 0 aliphatic carbocycles. The molecule has 0 amide bonds. The molecule has 0 N–H and O–H groups in total. The number of anilines is 1. The first kappa shape index (κ1) is 24.1. The zero-order valence-electron chi connectivity index (χ0n) is 20.4. The van der Waals surface area contributed by atoms with E-state index >= 15 is 0 Å². The predicted molar refractivity (Wildman–Crippen MR) is 138 cm³/mol. The van der Waals surface area contributed by atoms with Gasteiger partial charge in [0.25, 0.3) is 0 Å². The molecule has 0 unspecified atom stereocenters. The van der Waals surface area contributed by atoms with Gasteiger partial charge in [-0.3, -0.25) is 4.98 Å². The van der Waals surface area contributed by atoms with Crippen LogP contribution in [0.4, 0.5) is 10.2 Å². The molecule has 35 heavy (non-hydrogen) atoms. The summed E-state index contributed by atoms with van der Waals surface area (Å²) in [4.78, 5) is 15.8. The molecule has 1 fully saturated rings. The van der Waals surface area contributed by atoms with E-state index in [1.807, 2.05) is 26.8 Å². The van der Waals surface area contributed by atoms with Crippen LogP contribution in [0, 0.1) is 18.2 Å². The highest BCUT2D eigenvalue weighted by atomic mass is 32.2. The first-order chi connectivity index (χ1) is 16.7. The fourth-order valence-electron chi connectivity index (χ4n) is 4.60. The van der Waals surface area contributed by atoms with Crippen LogP contribution in [0.2, 0.25) is 0 Å². The van der Waals surface area contributed by atoms with Gasteiger partial charge in [-0.2, -0.15) is 4.40 Å². The standard InChI is InChI=1S/C25H29FN6OS2/c1-17-22(26)19(7-10-27-17)34-21-15-28-20(14-29-21)31-12-8-25(9-13-31)16-32-11-5-6-18(32)23(25)30-35(33)24(2,3)4/h5-7,10-11,14-15H,8-9,12-13,16H2,1-4H3/t35-/m1/s1. The number of rotatable bonds is 4. The Morgan fingerprint density at radius 2 is 1.91 bits per heavy atom. The number of aryl methyl sites for hydroxylation is 1. The van der Waals surface area contributed by atoms with Gasteiger partial charge in [0.05, 0.1) is 39.1 Å². The van der Waals surface area contributed by atoms with E-state index in [0.717, 1.165) is 49.7 Å². The number of fused-ring (bicyclic) bond motifs is 1. The molecule has 0 saturated carbocycles. The maximum atomic E-state index is 14.3. The number of nitrogens with zero attached hydrogens (tertiary/aromatic N) is 6. The fraction of sp³-hybridized carbons (Fsp3) is 0.440. The topological polar surface area (TPSA) is 76.3 Å². The highest BCUT2D eigenvalue weighted by Gasteiger charge is 2.46. The molecule has 3 aromatic heterocycles. The first-order valence-electron chi connectivity index (χ1n) is 11.7. The third kappa shape index (κ3) is 4.65. The summed E-state index contributed by atoms with van der Waals surface area (Å²) >= 11 is 1.25. The Bertz CT molecular complexity index is 1290. The third-order valence-corrected chi connectivity index (χ3v) is 9.00. The quantitative estimate of drug-likeness (QED) is 0.499. The van der Waals surface area contributed by atoms with Gasteiger partial charge in [-0.25, -0.2) is 18.6 Å². The van der Waals surface area contributed by atoms with E-state index in [1.54, 1.807) is 31.6 Å². The molecule has 1 saturated heterocycles. The van der Waals surface area contributed by atoms with Gasteiger partial charge in [0.15, 0.2) is 5.82 Å². The SMILES string of the molecule is Cc1nccc(Sc2cnc(N3CCC4(CC3)Cn3cccc3C4=N[S@](=O)C(C)(C)C)cn2)c1F. The van der Waals surface area contributed by atoms with Crippen LogP contribution in [0.15, 0.2) is 57.3 Å². The molecule has 5 heterocycles. The van der Waals surface area contributed by atoms with Crippen molar-refractivity contribution in [2.45, 2.75) is 61.7 Å². The molecular weight excluding hydrogens is 483 g/mol. The highest BCUT2D eigenvalue weighted by molar-refractivity contribution is 7.99. The minimum atomic E-state index is -1.31. The summed E-state index contributed by atoms with van der Waals surface area (Å²) < 4.78 is 33.8. The van der Waals surface area contributed by atoms with Crippen LogP contribution in [-0.4, -0.2) is 47.3 Å². The molecule has 10 heteroatoms. The van der Waals surface area contributed by atoms with Crippen LogP contribution in [0.25, 0.3) is 0 Å². The molecule has 7 nitrogen and oxygen atoms in total. The Morgan fingerprint density at radius 3 is 2.60 bits per heavy atom. The lowest BCUT2D eigenvalue weighted by Gasteiger charge is -2.39. The first-order valence-corrected chi connectivity index (χ1v) is 13.6. The maximum Gasteiger partial charge on any atom is 0.158 e. The van der Waals surface area contributed by atoms with Crippen molar-refractivity contribution in [1.82, 2.24) is 19.5 Å². The number of piperidine rings is 1. The number of pyridine rings is 1. The van der Waals surface area contributed by atoms with Gasteiger partial charge < -0.3 is 9.47 Å². The van der Waals surface area contributed by atoms with Gasteiger partial charge in [0, 0.05) is 37.4 Å². The zero-order chi connectivity index (χ0) is 24.8. The summed E-state index contributed by atoms with van der Waals surface area (Å²) in [7, 11) is -1.31. The zero-order valence-corrected chi connectivity index (χ0v) is 22.0. The van der Waals surface area contributed by atoms with E-state index < -0.39 is 15.7 Å². The third-order valence-electron chi connectivity index (χ3n) is 6.65. The van der Waals surface area contributed by atoms with Gasteiger partial charge in [0.2, 0.25) is 0 Å². The van der Waals surface area contributed by atoms with Gasteiger partial charge in [0.1, 0.15) is 21.8 Å². The smallest absolute Gasteiger partial charge is 0.158 e. The van der Waals surface area contributed by atoms with Crippen LogP contribution in [0.1, 0.15) is 45.0 Å². The molecule has 1 spiro atoms. The lowest BCUT2D eigenvalue weighted by Crippen LogP contribution is -2.44. The van der Waals surface area contributed by atoms with Crippen LogP contribution in [-0.2, 0) is 17.5 Å². The number of halogens is 1. The molecule has 2 aliphatic heterocycles. The summed E-state index contributed by atoms with van der Waals surface area (Å²) in [6.45, 7) is 10.0. The van der Waals surface area contributed by atoms with Crippen LogP contribution in [0.3, 0.4) is 0 Å². The van der Waals surface area contributed by atoms with E-state index in [0.29, 0.717) is 15.6 Å². The van der Waals surface area contributed by atoms with E-state index in [2.05, 4.69) is 36.7 Å². The van der Waals surface area contributed by atoms with Gasteiger partial charge >= 0.3 is 0 Å².